The SMILES string of the molecule is CCCn1nccc1C(CC(C)CC)NN. The average molecular weight is 224 g/mol. The predicted octanol–water partition coefficient (Wildman–Crippen LogP) is 2.23. The predicted molar refractivity (Wildman–Crippen MR) is 66.7 cm³/mol. The monoisotopic (exact) mass is 224 g/mol. The summed E-state index contributed by atoms with van der Waals surface area (Å²) in [6, 6.07) is 2.27. The van der Waals surface area contributed by atoms with E-state index in [1.165, 1.54) is 12.1 Å². The van der Waals surface area contributed by atoms with E-state index < -0.39 is 0 Å². The number of hydrogen-bond donors (Lipinski definition) is 2. The average Bonchev–Trinajstić information content (AvgIpc) is 2.74. The lowest BCUT2D eigenvalue weighted by Gasteiger charge is -2.20. The molecule has 4 heteroatoms. The Bertz CT molecular complexity index is 295. The zero-order chi connectivity index (χ0) is 12.0. The number of nitrogens with one attached hydrogen (secondary N) is 1. The maximum absolute atomic E-state index is 5.64. The molecular weight excluding hydrogens is 200 g/mol. The van der Waals surface area contributed by atoms with Crippen LogP contribution in [0.3, 0.4) is 0 Å². The van der Waals surface area contributed by atoms with Crippen molar-refractivity contribution in [2.24, 2.45) is 11.8 Å². The van der Waals surface area contributed by atoms with Gasteiger partial charge in [-0.15, -0.1) is 0 Å². The molecule has 0 saturated heterocycles. The summed E-state index contributed by atoms with van der Waals surface area (Å²) in [4.78, 5) is 0. The van der Waals surface area contributed by atoms with Gasteiger partial charge in [-0.05, 0) is 24.8 Å². The summed E-state index contributed by atoms with van der Waals surface area (Å²) in [7, 11) is 0. The van der Waals surface area contributed by atoms with Gasteiger partial charge in [0.15, 0.2) is 0 Å². The number of hydrogen-bond acceptors (Lipinski definition) is 3. The van der Waals surface area contributed by atoms with Gasteiger partial charge >= 0.3 is 0 Å². The van der Waals surface area contributed by atoms with Crippen LogP contribution in [-0.2, 0) is 6.54 Å². The van der Waals surface area contributed by atoms with Crippen LogP contribution in [0.5, 0.6) is 0 Å². The van der Waals surface area contributed by atoms with Gasteiger partial charge in [0.1, 0.15) is 0 Å². The molecule has 0 fully saturated rings. The van der Waals surface area contributed by atoms with Gasteiger partial charge < -0.3 is 0 Å². The van der Waals surface area contributed by atoms with Crippen LogP contribution in [0.4, 0.5) is 0 Å². The minimum absolute atomic E-state index is 0.212. The van der Waals surface area contributed by atoms with Crippen molar-refractivity contribution < 1.29 is 0 Å². The van der Waals surface area contributed by atoms with Crippen LogP contribution >= 0.6 is 0 Å². The highest BCUT2D eigenvalue weighted by atomic mass is 15.3. The molecule has 2 atom stereocenters. The summed E-state index contributed by atoms with van der Waals surface area (Å²) in [5.41, 5.74) is 4.11. The van der Waals surface area contributed by atoms with Crippen LogP contribution in [0.1, 0.15) is 51.8 Å². The number of hydrazine groups is 1. The number of aryl methyl sites for hydroxylation is 1. The van der Waals surface area contributed by atoms with Crippen LogP contribution in [0.2, 0.25) is 0 Å². The second-order valence-corrected chi connectivity index (χ2v) is 4.45. The molecule has 4 nitrogen and oxygen atoms in total. The minimum atomic E-state index is 0.212. The first-order chi connectivity index (χ1) is 7.72. The molecular formula is C12H24N4. The number of aromatic nitrogens is 2. The highest BCUT2D eigenvalue weighted by molar-refractivity contribution is 5.06. The first kappa shape index (κ1) is 13.2. The summed E-state index contributed by atoms with van der Waals surface area (Å²) in [6.07, 6.45) is 5.18. The summed E-state index contributed by atoms with van der Waals surface area (Å²) < 4.78 is 2.05. The van der Waals surface area contributed by atoms with Gasteiger partial charge in [-0.2, -0.15) is 5.10 Å². The van der Waals surface area contributed by atoms with Crippen LogP contribution in [-0.4, -0.2) is 9.78 Å². The van der Waals surface area contributed by atoms with E-state index in [0.717, 1.165) is 19.4 Å². The lowest BCUT2D eigenvalue weighted by molar-refractivity contribution is 0.384. The standard InChI is InChI=1S/C12H24N4/c1-4-8-16-12(6-7-14-16)11(15-13)9-10(3)5-2/h6-7,10-11,15H,4-5,8-9,13H2,1-3H3. The van der Waals surface area contributed by atoms with Crippen molar-refractivity contribution in [2.75, 3.05) is 0 Å². The molecule has 92 valence electrons. The van der Waals surface area contributed by atoms with Crippen LogP contribution in [0, 0.1) is 5.92 Å². The second-order valence-electron chi connectivity index (χ2n) is 4.45. The van der Waals surface area contributed by atoms with Crippen molar-refractivity contribution in [1.29, 1.82) is 0 Å². The zero-order valence-electron chi connectivity index (χ0n) is 10.6. The summed E-state index contributed by atoms with van der Waals surface area (Å²) in [5.74, 6) is 6.31. The third-order valence-corrected chi connectivity index (χ3v) is 3.08. The van der Waals surface area contributed by atoms with Crippen molar-refractivity contribution in [1.82, 2.24) is 15.2 Å². The lowest BCUT2D eigenvalue weighted by Crippen LogP contribution is -2.31. The highest BCUT2D eigenvalue weighted by Crippen LogP contribution is 2.22. The molecule has 0 aliphatic rings. The molecule has 16 heavy (non-hydrogen) atoms. The van der Waals surface area contributed by atoms with Crippen LogP contribution in [0.25, 0.3) is 0 Å². The maximum atomic E-state index is 5.64. The molecule has 0 saturated carbocycles. The largest absolute Gasteiger partial charge is 0.271 e. The third-order valence-electron chi connectivity index (χ3n) is 3.08. The highest BCUT2D eigenvalue weighted by Gasteiger charge is 2.16. The van der Waals surface area contributed by atoms with E-state index in [-0.39, 0.29) is 6.04 Å². The molecule has 1 heterocycles. The van der Waals surface area contributed by atoms with Gasteiger partial charge in [-0.1, -0.05) is 27.2 Å². The fraction of sp³-hybridized carbons (Fsp3) is 0.750. The molecule has 2 unspecified atom stereocenters. The molecule has 0 radical (unpaired) electrons. The van der Waals surface area contributed by atoms with E-state index in [0.29, 0.717) is 5.92 Å². The summed E-state index contributed by atoms with van der Waals surface area (Å²) >= 11 is 0. The first-order valence-corrected chi connectivity index (χ1v) is 6.20. The second kappa shape index (κ2) is 6.66. The molecule has 1 aromatic rings. The Kier molecular flexibility index (Phi) is 5.49. The third kappa shape index (κ3) is 3.32. The van der Waals surface area contributed by atoms with Crippen molar-refractivity contribution in [3.8, 4) is 0 Å². The molecule has 0 amide bonds. The fourth-order valence-corrected chi connectivity index (χ4v) is 1.88. The first-order valence-electron chi connectivity index (χ1n) is 6.20. The van der Waals surface area contributed by atoms with Gasteiger partial charge in [0.25, 0.3) is 0 Å². The van der Waals surface area contributed by atoms with Crippen molar-refractivity contribution in [3.05, 3.63) is 18.0 Å². The molecule has 3 N–H and O–H groups in total. The smallest absolute Gasteiger partial charge is 0.0631 e. The number of rotatable bonds is 7. The Morgan fingerprint density at radius 1 is 1.50 bits per heavy atom. The van der Waals surface area contributed by atoms with E-state index in [2.05, 4.69) is 37.4 Å². The van der Waals surface area contributed by atoms with Crippen molar-refractivity contribution >= 4 is 0 Å². The molecule has 0 aliphatic carbocycles. The van der Waals surface area contributed by atoms with E-state index in [1.54, 1.807) is 0 Å². The topological polar surface area (TPSA) is 55.9 Å². The minimum Gasteiger partial charge on any atom is -0.271 e. The quantitative estimate of drug-likeness (QED) is 0.551. The van der Waals surface area contributed by atoms with Crippen molar-refractivity contribution in [2.45, 2.75) is 52.6 Å². The Labute approximate surface area is 98.2 Å². The summed E-state index contributed by atoms with van der Waals surface area (Å²) in [6.45, 7) is 7.58. The number of nitrogens with two attached hydrogens (primary N) is 1. The Hall–Kier alpha value is -0.870. The molecule has 1 aromatic heterocycles. The Balaban J connectivity index is 2.73. The Morgan fingerprint density at radius 2 is 2.25 bits per heavy atom. The molecule has 1 rings (SSSR count). The molecule has 0 aromatic carbocycles. The molecule has 0 spiro atoms. The van der Waals surface area contributed by atoms with Gasteiger partial charge in [0.05, 0.1) is 11.7 Å². The van der Waals surface area contributed by atoms with Crippen LogP contribution < -0.4 is 11.3 Å². The van der Waals surface area contributed by atoms with Gasteiger partial charge in [-0.25, -0.2) is 0 Å². The van der Waals surface area contributed by atoms with Gasteiger partial charge in [0, 0.05) is 12.7 Å². The fourth-order valence-electron chi connectivity index (χ4n) is 1.88. The van der Waals surface area contributed by atoms with E-state index in [9.17, 15) is 0 Å². The summed E-state index contributed by atoms with van der Waals surface area (Å²) in [5, 5.41) is 4.33. The van der Waals surface area contributed by atoms with Gasteiger partial charge in [0.2, 0.25) is 0 Å². The van der Waals surface area contributed by atoms with Crippen LogP contribution in [0.15, 0.2) is 12.3 Å². The van der Waals surface area contributed by atoms with E-state index in [4.69, 9.17) is 5.84 Å². The normalized spacial score (nSPS) is 15.0. The maximum Gasteiger partial charge on any atom is 0.0631 e. The number of nitrogens with zero attached hydrogens (tertiary/aromatic N) is 2. The van der Waals surface area contributed by atoms with E-state index in [1.807, 2.05) is 10.9 Å². The zero-order valence-corrected chi connectivity index (χ0v) is 10.6. The van der Waals surface area contributed by atoms with Crippen molar-refractivity contribution in [3.63, 3.8) is 0 Å². The molecule has 0 bridgehead atoms. The Morgan fingerprint density at radius 3 is 2.81 bits per heavy atom. The lowest BCUT2D eigenvalue weighted by atomic mass is 9.98. The van der Waals surface area contributed by atoms with Gasteiger partial charge in [-0.3, -0.25) is 16.0 Å². The van der Waals surface area contributed by atoms with E-state index >= 15 is 0 Å². The molecule has 0 aliphatic heterocycles.